The maximum atomic E-state index is 10.4. The molecule has 0 atom stereocenters. The van der Waals surface area contributed by atoms with Gasteiger partial charge in [-0.2, -0.15) is 0 Å². The number of ether oxygens (including phenoxy) is 1. The summed E-state index contributed by atoms with van der Waals surface area (Å²) >= 11 is 0. The first-order valence-corrected chi connectivity index (χ1v) is 6.20. The Balaban J connectivity index is 2.00. The lowest BCUT2D eigenvalue weighted by Gasteiger charge is -2.15. The summed E-state index contributed by atoms with van der Waals surface area (Å²) in [4.78, 5) is 12.4. The predicted octanol–water partition coefficient (Wildman–Crippen LogP) is 2.00. The lowest BCUT2D eigenvalue weighted by atomic mass is 10.2. The van der Waals surface area contributed by atoms with Crippen molar-refractivity contribution in [3.63, 3.8) is 0 Å². The number of rotatable bonds is 9. The van der Waals surface area contributed by atoms with Gasteiger partial charge in [-0.25, -0.2) is 0 Å². The van der Waals surface area contributed by atoms with Crippen molar-refractivity contribution < 1.29 is 14.6 Å². The topological polar surface area (TPSA) is 49.8 Å². The highest BCUT2D eigenvalue weighted by Gasteiger charge is 2.02. The van der Waals surface area contributed by atoms with Crippen LogP contribution in [0.4, 0.5) is 0 Å². The molecule has 1 rings (SSSR count). The van der Waals surface area contributed by atoms with E-state index in [0.29, 0.717) is 19.8 Å². The quantitative estimate of drug-likeness (QED) is 0.682. The summed E-state index contributed by atoms with van der Waals surface area (Å²) in [6.45, 7) is 2.79. The number of carbonyl (C=O) groups is 1. The van der Waals surface area contributed by atoms with Gasteiger partial charge in [0, 0.05) is 19.7 Å². The molecule has 0 heterocycles. The fourth-order valence-corrected chi connectivity index (χ4v) is 1.60. The van der Waals surface area contributed by atoms with Crippen LogP contribution in [0, 0.1) is 0 Å². The number of benzene rings is 1. The van der Waals surface area contributed by atoms with E-state index in [1.807, 2.05) is 42.3 Å². The van der Waals surface area contributed by atoms with E-state index in [1.54, 1.807) is 0 Å². The van der Waals surface area contributed by atoms with Crippen LogP contribution in [0.2, 0.25) is 0 Å². The zero-order valence-electron chi connectivity index (χ0n) is 10.8. The first kappa shape index (κ1) is 14.7. The lowest BCUT2D eigenvalue weighted by molar-refractivity contribution is -0.137. The van der Waals surface area contributed by atoms with Gasteiger partial charge in [0.2, 0.25) is 0 Å². The number of carboxylic acids is 1. The van der Waals surface area contributed by atoms with Crippen molar-refractivity contribution in [2.24, 2.45) is 0 Å². The Morgan fingerprint density at radius 2 is 2.00 bits per heavy atom. The third-order valence-corrected chi connectivity index (χ3v) is 2.65. The van der Waals surface area contributed by atoms with Gasteiger partial charge >= 0.3 is 5.97 Å². The van der Waals surface area contributed by atoms with Crippen LogP contribution < -0.4 is 0 Å². The van der Waals surface area contributed by atoms with Crippen molar-refractivity contribution in [3.8, 4) is 0 Å². The van der Waals surface area contributed by atoms with Crippen molar-refractivity contribution in [3.05, 3.63) is 35.9 Å². The molecule has 1 aromatic carbocycles. The molecular formula is C14H21NO3. The molecule has 0 aliphatic heterocycles. The fourth-order valence-electron chi connectivity index (χ4n) is 1.60. The van der Waals surface area contributed by atoms with Crippen LogP contribution in [-0.4, -0.2) is 42.7 Å². The van der Waals surface area contributed by atoms with Crippen molar-refractivity contribution in [1.29, 1.82) is 0 Å². The number of nitrogens with zero attached hydrogens (tertiary/aromatic N) is 1. The van der Waals surface area contributed by atoms with Gasteiger partial charge in [-0.05, 0) is 19.0 Å². The van der Waals surface area contributed by atoms with E-state index >= 15 is 0 Å². The highest BCUT2D eigenvalue weighted by Crippen LogP contribution is 2.01. The maximum Gasteiger partial charge on any atom is 0.304 e. The molecule has 100 valence electrons. The molecule has 0 saturated carbocycles. The van der Waals surface area contributed by atoms with E-state index in [2.05, 4.69) is 0 Å². The summed E-state index contributed by atoms with van der Waals surface area (Å²) in [5.74, 6) is -0.748. The zero-order valence-corrected chi connectivity index (χ0v) is 10.8. The smallest absolute Gasteiger partial charge is 0.304 e. The molecule has 0 amide bonds. The monoisotopic (exact) mass is 251 g/mol. The zero-order chi connectivity index (χ0) is 13.2. The molecule has 0 bridgehead atoms. The average molecular weight is 251 g/mol. The normalized spacial score (nSPS) is 10.8. The Labute approximate surface area is 108 Å². The van der Waals surface area contributed by atoms with Crippen LogP contribution >= 0.6 is 0 Å². The Hall–Kier alpha value is -1.39. The fraction of sp³-hybridized carbons (Fsp3) is 0.500. The van der Waals surface area contributed by atoms with Crippen LogP contribution in [-0.2, 0) is 16.1 Å². The summed E-state index contributed by atoms with van der Waals surface area (Å²) in [7, 11) is 1.93. The molecule has 4 heteroatoms. The minimum absolute atomic E-state index is 0.196. The number of hydrogen-bond donors (Lipinski definition) is 1. The molecule has 0 aliphatic rings. The van der Waals surface area contributed by atoms with E-state index in [9.17, 15) is 4.79 Å². The summed E-state index contributed by atoms with van der Waals surface area (Å²) in [5.41, 5.74) is 1.18. The second-order valence-corrected chi connectivity index (χ2v) is 4.34. The SMILES string of the molecule is CN(CCCOCc1ccccc1)CCC(=O)O. The Kier molecular flexibility index (Phi) is 7.06. The van der Waals surface area contributed by atoms with Crippen LogP contribution in [0.25, 0.3) is 0 Å². The van der Waals surface area contributed by atoms with E-state index in [4.69, 9.17) is 9.84 Å². The van der Waals surface area contributed by atoms with Crippen LogP contribution in [0.3, 0.4) is 0 Å². The summed E-state index contributed by atoms with van der Waals surface area (Å²) in [5, 5.41) is 8.55. The van der Waals surface area contributed by atoms with Gasteiger partial charge in [-0.15, -0.1) is 0 Å². The maximum absolute atomic E-state index is 10.4. The van der Waals surface area contributed by atoms with Gasteiger partial charge in [-0.3, -0.25) is 4.79 Å². The van der Waals surface area contributed by atoms with Crippen molar-refractivity contribution >= 4 is 5.97 Å². The van der Waals surface area contributed by atoms with Crippen LogP contribution in [0.15, 0.2) is 30.3 Å². The van der Waals surface area contributed by atoms with Gasteiger partial charge < -0.3 is 14.7 Å². The number of hydrogen-bond acceptors (Lipinski definition) is 3. The summed E-state index contributed by atoms with van der Waals surface area (Å²) in [6.07, 6.45) is 1.12. The Morgan fingerprint density at radius 1 is 1.28 bits per heavy atom. The van der Waals surface area contributed by atoms with E-state index in [-0.39, 0.29) is 6.42 Å². The largest absolute Gasteiger partial charge is 0.481 e. The highest BCUT2D eigenvalue weighted by atomic mass is 16.5. The molecule has 0 unspecified atom stereocenters. The molecule has 0 saturated heterocycles. The van der Waals surface area contributed by atoms with E-state index in [0.717, 1.165) is 13.0 Å². The Morgan fingerprint density at radius 3 is 2.67 bits per heavy atom. The first-order chi connectivity index (χ1) is 8.68. The molecule has 0 fully saturated rings. The van der Waals surface area contributed by atoms with Gasteiger partial charge in [0.05, 0.1) is 13.0 Å². The number of aliphatic carboxylic acids is 1. The van der Waals surface area contributed by atoms with Gasteiger partial charge in [0.1, 0.15) is 0 Å². The molecule has 1 N–H and O–H groups in total. The summed E-state index contributed by atoms with van der Waals surface area (Å²) in [6, 6.07) is 10.1. The third kappa shape index (κ3) is 7.04. The first-order valence-electron chi connectivity index (χ1n) is 6.20. The Bertz CT molecular complexity index is 340. The molecule has 18 heavy (non-hydrogen) atoms. The third-order valence-electron chi connectivity index (χ3n) is 2.65. The molecule has 0 radical (unpaired) electrons. The molecule has 1 aromatic rings. The lowest BCUT2D eigenvalue weighted by Crippen LogP contribution is -2.23. The average Bonchev–Trinajstić information content (AvgIpc) is 2.37. The van der Waals surface area contributed by atoms with Gasteiger partial charge in [0.25, 0.3) is 0 Å². The van der Waals surface area contributed by atoms with Crippen molar-refractivity contribution in [1.82, 2.24) is 4.90 Å². The minimum atomic E-state index is -0.748. The van der Waals surface area contributed by atoms with Crippen molar-refractivity contribution in [2.45, 2.75) is 19.4 Å². The van der Waals surface area contributed by atoms with Crippen LogP contribution in [0.1, 0.15) is 18.4 Å². The molecule has 0 aliphatic carbocycles. The standard InChI is InChI=1S/C14H21NO3/c1-15(10-8-14(16)17)9-5-11-18-12-13-6-3-2-4-7-13/h2-4,6-7H,5,8-12H2,1H3,(H,16,17). The molecule has 0 spiro atoms. The second kappa shape index (κ2) is 8.66. The molecule has 0 aromatic heterocycles. The van der Waals surface area contributed by atoms with Gasteiger partial charge in [0.15, 0.2) is 0 Å². The minimum Gasteiger partial charge on any atom is -0.481 e. The van der Waals surface area contributed by atoms with Gasteiger partial charge in [-0.1, -0.05) is 30.3 Å². The van der Waals surface area contributed by atoms with E-state index < -0.39 is 5.97 Å². The summed E-state index contributed by atoms with van der Waals surface area (Å²) < 4.78 is 5.55. The van der Waals surface area contributed by atoms with E-state index in [1.165, 1.54) is 5.56 Å². The highest BCUT2D eigenvalue weighted by molar-refractivity contribution is 5.66. The predicted molar refractivity (Wildman–Crippen MR) is 70.5 cm³/mol. The van der Waals surface area contributed by atoms with Crippen LogP contribution in [0.5, 0.6) is 0 Å². The molecular weight excluding hydrogens is 230 g/mol. The second-order valence-electron chi connectivity index (χ2n) is 4.34. The van der Waals surface area contributed by atoms with Crippen molar-refractivity contribution in [2.75, 3.05) is 26.7 Å². The molecule has 4 nitrogen and oxygen atoms in total. The number of carboxylic acid groups (broad SMARTS) is 1.